The Balaban J connectivity index is 2.18. The highest BCUT2D eigenvalue weighted by atomic mass is 32.2. The summed E-state index contributed by atoms with van der Waals surface area (Å²) in [5.41, 5.74) is 6.39. The third kappa shape index (κ3) is 2.84. The van der Waals surface area contributed by atoms with Gasteiger partial charge in [0.15, 0.2) is 0 Å². The Morgan fingerprint density at radius 1 is 1.42 bits per heavy atom. The van der Waals surface area contributed by atoms with Gasteiger partial charge < -0.3 is 15.0 Å². The zero-order valence-corrected chi connectivity index (χ0v) is 12.2. The molecule has 1 fully saturated rings. The van der Waals surface area contributed by atoms with E-state index in [1.807, 2.05) is 0 Å². The number of nitrogens with two attached hydrogens (primary N) is 1. The van der Waals surface area contributed by atoms with Crippen LogP contribution in [0.2, 0.25) is 0 Å². The van der Waals surface area contributed by atoms with E-state index in [2.05, 4.69) is 0 Å². The van der Waals surface area contributed by atoms with Crippen molar-refractivity contribution in [1.29, 1.82) is 0 Å². The number of rotatable bonds is 4. The Labute approximate surface area is 114 Å². The first-order chi connectivity index (χ1) is 8.98. The molecule has 1 aliphatic rings. The topological polar surface area (TPSA) is 77.6 Å². The molecule has 2 rings (SSSR count). The molecule has 108 valence electrons. The summed E-state index contributed by atoms with van der Waals surface area (Å²) >= 11 is 0. The molecule has 0 unspecified atom stereocenters. The lowest BCUT2D eigenvalue weighted by Gasteiger charge is -2.30. The average molecular weight is 287 g/mol. The lowest BCUT2D eigenvalue weighted by Crippen LogP contribution is -2.40. The van der Waals surface area contributed by atoms with Crippen LogP contribution in [-0.4, -0.2) is 43.6 Å². The third-order valence-corrected chi connectivity index (χ3v) is 5.53. The first-order valence-electron chi connectivity index (χ1n) is 6.37. The zero-order chi connectivity index (χ0) is 14.0. The van der Waals surface area contributed by atoms with Gasteiger partial charge in [0.2, 0.25) is 10.0 Å². The highest BCUT2D eigenvalue weighted by molar-refractivity contribution is 7.89. The van der Waals surface area contributed by atoms with Crippen molar-refractivity contribution in [1.82, 2.24) is 8.87 Å². The zero-order valence-electron chi connectivity index (χ0n) is 11.4. The summed E-state index contributed by atoms with van der Waals surface area (Å²) < 4.78 is 33.5. The van der Waals surface area contributed by atoms with Gasteiger partial charge in [0, 0.05) is 45.7 Å². The van der Waals surface area contributed by atoms with E-state index in [0.717, 1.165) is 18.5 Å². The molecule has 7 heteroatoms. The number of piperidine rings is 1. The molecule has 0 amide bonds. The van der Waals surface area contributed by atoms with Crippen LogP contribution in [-0.2, 0) is 28.4 Å². The standard InChI is InChI=1S/C12H21N3O3S/c1-14-9-12(7-10(14)8-13)19(16,17)15-5-3-11(18-2)4-6-15/h7,9,11H,3-6,8,13H2,1-2H3. The largest absolute Gasteiger partial charge is 0.381 e. The van der Waals surface area contributed by atoms with Crippen molar-refractivity contribution >= 4 is 10.0 Å². The van der Waals surface area contributed by atoms with Crippen LogP contribution in [0.1, 0.15) is 18.5 Å². The predicted octanol–water partition coefficient (Wildman–Crippen LogP) is 0.283. The minimum absolute atomic E-state index is 0.168. The molecule has 1 aliphatic heterocycles. The van der Waals surface area contributed by atoms with Crippen LogP contribution in [0.25, 0.3) is 0 Å². The second kappa shape index (κ2) is 5.62. The van der Waals surface area contributed by atoms with Crippen LogP contribution >= 0.6 is 0 Å². The molecule has 0 saturated carbocycles. The summed E-state index contributed by atoms with van der Waals surface area (Å²) in [4.78, 5) is 0.325. The molecule has 1 saturated heterocycles. The van der Waals surface area contributed by atoms with Gasteiger partial charge in [0.25, 0.3) is 0 Å². The third-order valence-electron chi connectivity index (χ3n) is 3.66. The SMILES string of the molecule is COC1CCN(S(=O)(=O)c2cc(CN)n(C)c2)CC1. The number of ether oxygens (including phenoxy) is 1. The average Bonchev–Trinajstić information content (AvgIpc) is 2.81. The number of nitrogens with zero attached hydrogens (tertiary/aromatic N) is 2. The first-order valence-corrected chi connectivity index (χ1v) is 7.81. The molecular weight excluding hydrogens is 266 g/mol. The lowest BCUT2D eigenvalue weighted by atomic mass is 10.1. The molecule has 0 aliphatic carbocycles. The minimum atomic E-state index is -3.40. The number of aryl methyl sites for hydroxylation is 1. The predicted molar refractivity (Wildman–Crippen MR) is 72.1 cm³/mol. The van der Waals surface area contributed by atoms with Gasteiger partial charge in [-0.25, -0.2) is 8.42 Å². The molecule has 1 aromatic rings. The summed E-state index contributed by atoms with van der Waals surface area (Å²) in [6.07, 6.45) is 3.28. The summed E-state index contributed by atoms with van der Waals surface area (Å²) in [6, 6.07) is 1.65. The molecule has 2 heterocycles. The van der Waals surface area contributed by atoms with Crippen molar-refractivity contribution < 1.29 is 13.2 Å². The maximum Gasteiger partial charge on any atom is 0.244 e. The van der Waals surface area contributed by atoms with Crippen molar-refractivity contribution in [2.45, 2.75) is 30.4 Å². The number of methoxy groups -OCH3 is 1. The summed E-state index contributed by atoms with van der Waals surface area (Å²) in [6.45, 7) is 1.35. The Kier molecular flexibility index (Phi) is 4.29. The number of aromatic nitrogens is 1. The Bertz CT molecular complexity index is 530. The van der Waals surface area contributed by atoms with Crippen LogP contribution < -0.4 is 5.73 Å². The van der Waals surface area contributed by atoms with Crippen molar-refractivity contribution in [3.05, 3.63) is 18.0 Å². The van der Waals surface area contributed by atoms with Gasteiger partial charge in [-0.05, 0) is 18.9 Å². The summed E-state index contributed by atoms with van der Waals surface area (Å²) in [5.74, 6) is 0. The minimum Gasteiger partial charge on any atom is -0.381 e. The van der Waals surface area contributed by atoms with Crippen LogP contribution in [0.4, 0.5) is 0 Å². The molecule has 0 radical (unpaired) electrons. The Morgan fingerprint density at radius 3 is 2.53 bits per heavy atom. The fraction of sp³-hybridized carbons (Fsp3) is 0.667. The van der Waals surface area contributed by atoms with Gasteiger partial charge in [0.05, 0.1) is 6.10 Å². The van der Waals surface area contributed by atoms with E-state index in [1.165, 1.54) is 4.31 Å². The van der Waals surface area contributed by atoms with E-state index in [9.17, 15) is 8.42 Å². The van der Waals surface area contributed by atoms with E-state index >= 15 is 0 Å². The van der Waals surface area contributed by atoms with E-state index in [0.29, 0.717) is 24.5 Å². The first kappa shape index (κ1) is 14.5. The lowest BCUT2D eigenvalue weighted by molar-refractivity contribution is 0.0604. The maximum absolute atomic E-state index is 12.5. The van der Waals surface area contributed by atoms with Gasteiger partial charge in [0.1, 0.15) is 4.90 Å². The van der Waals surface area contributed by atoms with E-state index in [1.54, 1.807) is 31.0 Å². The second-order valence-electron chi connectivity index (χ2n) is 4.82. The van der Waals surface area contributed by atoms with Gasteiger partial charge in [-0.2, -0.15) is 4.31 Å². The monoisotopic (exact) mass is 287 g/mol. The number of sulfonamides is 1. The maximum atomic E-state index is 12.5. The highest BCUT2D eigenvalue weighted by Crippen LogP contribution is 2.23. The number of hydrogen-bond acceptors (Lipinski definition) is 4. The quantitative estimate of drug-likeness (QED) is 0.863. The summed E-state index contributed by atoms with van der Waals surface area (Å²) in [5, 5.41) is 0. The molecule has 6 nitrogen and oxygen atoms in total. The molecule has 0 aromatic carbocycles. The van der Waals surface area contributed by atoms with E-state index < -0.39 is 10.0 Å². The van der Waals surface area contributed by atoms with E-state index in [-0.39, 0.29) is 6.10 Å². The van der Waals surface area contributed by atoms with Crippen LogP contribution in [0.5, 0.6) is 0 Å². The molecule has 19 heavy (non-hydrogen) atoms. The molecule has 0 spiro atoms. The van der Waals surface area contributed by atoms with Gasteiger partial charge in [-0.15, -0.1) is 0 Å². The molecule has 0 bridgehead atoms. The normalized spacial score (nSPS) is 18.9. The van der Waals surface area contributed by atoms with Crippen molar-refractivity contribution in [2.24, 2.45) is 12.8 Å². The summed E-state index contributed by atoms with van der Waals surface area (Å²) in [7, 11) is 0.0661. The highest BCUT2D eigenvalue weighted by Gasteiger charge is 2.30. The second-order valence-corrected chi connectivity index (χ2v) is 6.76. The number of hydrogen-bond donors (Lipinski definition) is 1. The van der Waals surface area contributed by atoms with Crippen molar-refractivity contribution in [2.75, 3.05) is 20.2 Å². The van der Waals surface area contributed by atoms with Gasteiger partial charge in [-0.3, -0.25) is 0 Å². The molecule has 1 aromatic heterocycles. The van der Waals surface area contributed by atoms with Gasteiger partial charge in [-0.1, -0.05) is 0 Å². The molecule has 2 N–H and O–H groups in total. The fourth-order valence-electron chi connectivity index (χ4n) is 2.38. The Hall–Kier alpha value is -0.890. The van der Waals surface area contributed by atoms with Crippen molar-refractivity contribution in [3.63, 3.8) is 0 Å². The molecular formula is C12H21N3O3S. The van der Waals surface area contributed by atoms with Gasteiger partial charge >= 0.3 is 0 Å². The van der Waals surface area contributed by atoms with E-state index in [4.69, 9.17) is 10.5 Å². The van der Waals surface area contributed by atoms with Crippen LogP contribution in [0.15, 0.2) is 17.2 Å². The fourth-order valence-corrected chi connectivity index (χ4v) is 3.94. The smallest absolute Gasteiger partial charge is 0.244 e. The van der Waals surface area contributed by atoms with Crippen molar-refractivity contribution in [3.8, 4) is 0 Å². The Morgan fingerprint density at radius 2 is 2.05 bits per heavy atom. The van der Waals surface area contributed by atoms with Crippen LogP contribution in [0.3, 0.4) is 0 Å². The molecule has 0 atom stereocenters. The van der Waals surface area contributed by atoms with Crippen LogP contribution in [0, 0.1) is 0 Å².